The molecule has 2 aromatic rings. The lowest BCUT2D eigenvalue weighted by Gasteiger charge is -2.64. The van der Waals surface area contributed by atoms with Crippen LogP contribution in [0.1, 0.15) is 55.2 Å². The van der Waals surface area contributed by atoms with Crippen molar-refractivity contribution in [3.63, 3.8) is 0 Å². The van der Waals surface area contributed by atoms with E-state index < -0.39 is 11.0 Å². The summed E-state index contributed by atoms with van der Waals surface area (Å²) in [7, 11) is 0. The molecule has 0 unspecified atom stereocenters. The average Bonchev–Trinajstić information content (AvgIpc) is 3.33. The van der Waals surface area contributed by atoms with Gasteiger partial charge in [0, 0.05) is 24.6 Å². The van der Waals surface area contributed by atoms with Crippen LogP contribution in [-0.2, 0) is 23.1 Å². The van der Waals surface area contributed by atoms with Gasteiger partial charge in [-0.05, 0) is 80.7 Å². The second-order valence-corrected chi connectivity index (χ2v) is 11.0. The molecule has 3 heterocycles. The molecule has 1 aromatic carbocycles. The van der Waals surface area contributed by atoms with Crippen LogP contribution >= 0.6 is 0 Å². The van der Waals surface area contributed by atoms with Crippen LogP contribution in [0.2, 0.25) is 0 Å². The summed E-state index contributed by atoms with van der Waals surface area (Å²) in [5.41, 5.74) is 2.37. The van der Waals surface area contributed by atoms with E-state index in [1.165, 1.54) is 24.0 Å². The smallest absolute Gasteiger partial charge is 0.220 e. The summed E-state index contributed by atoms with van der Waals surface area (Å²) < 4.78 is 11.8. The Balaban J connectivity index is 1.20. The quantitative estimate of drug-likeness (QED) is 0.711. The standard InChI is InChI=1S/C27H32N2O4/c30-23(7-6-18-9-13-32-16-18)28-20-8-10-27(31)22-14-19-2-1-3-21-24(19)26(27,25(20)33-21)11-12-29(22)15-17-4-5-17/h1-3,9,13,16-17,20,22,25,31H,4-8,10-12,14-15H2,(H,28,30)/t20-,22+,25-,26-,27+/m0/s1. The predicted molar refractivity (Wildman–Crippen MR) is 122 cm³/mol. The Morgan fingerprint density at radius 1 is 1.21 bits per heavy atom. The van der Waals surface area contributed by atoms with Gasteiger partial charge in [0.15, 0.2) is 0 Å². The predicted octanol–water partition coefficient (Wildman–Crippen LogP) is 2.96. The number of hydrogen-bond donors (Lipinski definition) is 2. The number of rotatable bonds is 6. The van der Waals surface area contributed by atoms with E-state index in [-0.39, 0.29) is 24.1 Å². The van der Waals surface area contributed by atoms with Crippen LogP contribution in [0.25, 0.3) is 0 Å². The van der Waals surface area contributed by atoms with Crippen LogP contribution in [0.15, 0.2) is 41.2 Å². The Hall–Kier alpha value is -2.31. The van der Waals surface area contributed by atoms with E-state index in [1.54, 1.807) is 12.5 Å². The molecule has 6 heteroatoms. The van der Waals surface area contributed by atoms with Crippen LogP contribution in [0, 0.1) is 5.92 Å². The molecule has 3 aliphatic carbocycles. The van der Waals surface area contributed by atoms with E-state index in [4.69, 9.17) is 9.15 Å². The molecule has 0 radical (unpaired) electrons. The molecular weight excluding hydrogens is 416 g/mol. The zero-order valence-electron chi connectivity index (χ0n) is 19.0. The van der Waals surface area contributed by atoms with Crippen LogP contribution < -0.4 is 10.1 Å². The van der Waals surface area contributed by atoms with E-state index >= 15 is 0 Å². The number of piperidine rings is 1. The molecule has 1 spiro atoms. The van der Waals surface area contributed by atoms with Crippen molar-refractivity contribution in [1.82, 2.24) is 10.2 Å². The Bertz CT molecular complexity index is 1080. The van der Waals surface area contributed by atoms with Crippen molar-refractivity contribution >= 4 is 5.91 Å². The maximum atomic E-state index is 12.9. The van der Waals surface area contributed by atoms with Crippen molar-refractivity contribution in [2.45, 2.75) is 80.6 Å². The third-order valence-electron chi connectivity index (χ3n) is 9.23. The number of carbonyl (C=O) groups excluding carboxylic acids is 1. The number of benzene rings is 1. The molecule has 174 valence electrons. The van der Waals surface area contributed by atoms with Crippen molar-refractivity contribution in [3.8, 4) is 5.75 Å². The monoisotopic (exact) mass is 448 g/mol. The highest BCUT2D eigenvalue weighted by molar-refractivity contribution is 5.77. The summed E-state index contributed by atoms with van der Waals surface area (Å²) in [5.74, 6) is 1.77. The Kier molecular flexibility index (Phi) is 4.32. The van der Waals surface area contributed by atoms with Gasteiger partial charge in [0.25, 0.3) is 0 Å². The number of ether oxygens (including phenoxy) is 1. The third kappa shape index (κ3) is 2.83. The van der Waals surface area contributed by atoms with Gasteiger partial charge < -0.3 is 19.6 Å². The van der Waals surface area contributed by atoms with Gasteiger partial charge in [-0.15, -0.1) is 0 Å². The number of carbonyl (C=O) groups is 1. The van der Waals surface area contributed by atoms with Crippen molar-refractivity contribution in [2.75, 3.05) is 13.1 Å². The summed E-state index contributed by atoms with van der Waals surface area (Å²) in [6.07, 6.45) is 10.1. The molecule has 2 aliphatic heterocycles. The van der Waals surface area contributed by atoms with Crippen LogP contribution in [0.3, 0.4) is 0 Å². The molecule has 2 bridgehead atoms. The van der Waals surface area contributed by atoms with E-state index in [9.17, 15) is 9.90 Å². The van der Waals surface area contributed by atoms with Gasteiger partial charge in [-0.3, -0.25) is 9.69 Å². The molecule has 6 nitrogen and oxygen atoms in total. The first-order valence-corrected chi connectivity index (χ1v) is 12.6. The molecule has 2 saturated carbocycles. The van der Waals surface area contributed by atoms with Gasteiger partial charge in [0.05, 0.1) is 29.6 Å². The summed E-state index contributed by atoms with van der Waals surface area (Å²) >= 11 is 0. The minimum atomic E-state index is -0.803. The fourth-order valence-electron chi connectivity index (χ4n) is 7.57. The van der Waals surface area contributed by atoms with Gasteiger partial charge >= 0.3 is 0 Å². The number of aliphatic hydroxyl groups is 1. The molecule has 5 aliphatic rings. The fourth-order valence-corrected chi connectivity index (χ4v) is 7.57. The van der Waals surface area contributed by atoms with Gasteiger partial charge in [-0.2, -0.15) is 0 Å². The summed E-state index contributed by atoms with van der Waals surface area (Å²) in [5, 5.41) is 15.8. The number of nitrogens with zero attached hydrogens (tertiary/aromatic N) is 1. The number of aryl methyl sites for hydroxylation is 1. The summed E-state index contributed by atoms with van der Waals surface area (Å²) in [6, 6.07) is 8.33. The highest BCUT2D eigenvalue weighted by Crippen LogP contribution is 2.64. The number of hydrogen-bond acceptors (Lipinski definition) is 5. The Labute approximate surface area is 194 Å². The van der Waals surface area contributed by atoms with Crippen molar-refractivity contribution in [1.29, 1.82) is 0 Å². The van der Waals surface area contributed by atoms with Crippen LogP contribution in [0.4, 0.5) is 0 Å². The maximum absolute atomic E-state index is 12.9. The van der Waals surface area contributed by atoms with E-state index in [2.05, 4.69) is 28.4 Å². The number of likely N-dealkylation sites (tertiary alicyclic amines) is 1. The van der Waals surface area contributed by atoms with Gasteiger partial charge in [-0.1, -0.05) is 12.1 Å². The van der Waals surface area contributed by atoms with Crippen molar-refractivity contribution in [3.05, 3.63) is 53.5 Å². The highest BCUT2D eigenvalue weighted by Gasteiger charge is 2.72. The molecule has 1 aromatic heterocycles. The first-order valence-electron chi connectivity index (χ1n) is 12.6. The van der Waals surface area contributed by atoms with Crippen molar-refractivity contribution in [2.24, 2.45) is 5.92 Å². The number of nitrogens with one attached hydrogen (secondary N) is 1. The molecule has 5 atom stereocenters. The molecule has 2 N–H and O–H groups in total. The first kappa shape index (κ1) is 20.1. The third-order valence-corrected chi connectivity index (χ3v) is 9.23. The minimum Gasteiger partial charge on any atom is -0.487 e. The Morgan fingerprint density at radius 2 is 2.12 bits per heavy atom. The fraction of sp³-hybridized carbons (Fsp3) is 0.593. The van der Waals surface area contributed by atoms with Crippen LogP contribution in [-0.4, -0.2) is 52.8 Å². The second-order valence-electron chi connectivity index (χ2n) is 11.0. The van der Waals surface area contributed by atoms with E-state index in [0.717, 1.165) is 49.6 Å². The number of furan rings is 1. The average molecular weight is 449 g/mol. The lowest BCUT2D eigenvalue weighted by atomic mass is 9.48. The zero-order chi connectivity index (χ0) is 22.2. The summed E-state index contributed by atoms with van der Waals surface area (Å²) in [6.45, 7) is 2.11. The first-order chi connectivity index (χ1) is 16.1. The van der Waals surface area contributed by atoms with Crippen LogP contribution in [0.5, 0.6) is 5.75 Å². The van der Waals surface area contributed by atoms with E-state index in [0.29, 0.717) is 19.3 Å². The SMILES string of the molecule is O=C(CCc1ccoc1)N[C@H]1CC[C@@]2(O)[C@H]3Cc4cccc5c4[C@@]2(CCN3CC2CC2)[C@H]1O5. The molecule has 1 amide bonds. The maximum Gasteiger partial charge on any atom is 0.220 e. The normalized spacial score (nSPS) is 36.2. The number of amides is 1. The lowest BCUT2D eigenvalue weighted by Crippen LogP contribution is -2.78. The molecular formula is C27H32N2O4. The van der Waals surface area contributed by atoms with Gasteiger partial charge in [0.1, 0.15) is 11.9 Å². The molecule has 3 fully saturated rings. The minimum absolute atomic E-state index is 0.0429. The Morgan fingerprint density at radius 3 is 2.94 bits per heavy atom. The van der Waals surface area contributed by atoms with E-state index in [1.807, 2.05) is 6.07 Å². The van der Waals surface area contributed by atoms with Crippen molar-refractivity contribution < 1.29 is 19.1 Å². The van der Waals surface area contributed by atoms with Gasteiger partial charge in [0.2, 0.25) is 5.91 Å². The molecule has 1 saturated heterocycles. The highest BCUT2D eigenvalue weighted by atomic mass is 16.5. The largest absolute Gasteiger partial charge is 0.487 e. The molecule has 33 heavy (non-hydrogen) atoms. The second kappa shape index (κ2) is 7.09. The topological polar surface area (TPSA) is 74.9 Å². The lowest BCUT2D eigenvalue weighted by molar-refractivity contribution is -0.192. The molecule has 7 rings (SSSR count). The zero-order valence-corrected chi connectivity index (χ0v) is 19.0. The van der Waals surface area contributed by atoms with Gasteiger partial charge in [-0.25, -0.2) is 0 Å². The summed E-state index contributed by atoms with van der Waals surface area (Å²) in [4.78, 5) is 15.5.